The second kappa shape index (κ2) is 12.7. The van der Waals surface area contributed by atoms with Crippen LogP contribution in [0.2, 0.25) is 0 Å². The van der Waals surface area contributed by atoms with Gasteiger partial charge in [0.2, 0.25) is 5.88 Å². The highest BCUT2D eigenvalue weighted by Gasteiger charge is 2.28. The number of halogens is 3. The van der Waals surface area contributed by atoms with Crippen LogP contribution in [0.5, 0.6) is 5.88 Å². The molecule has 210 valence electrons. The number of ether oxygens (including phenoxy) is 1. The molecule has 2 aromatic carbocycles. The summed E-state index contributed by atoms with van der Waals surface area (Å²) in [4.78, 5) is 30.3. The zero-order valence-electron chi connectivity index (χ0n) is 22.0. The first-order valence-corrected chi connectivity index (χ1v) is 13.3. The third-order valence-electron chi connectivity index (χ3n) is 5.97. The minimum Gasteiger partial charge on any atom is -0.477 e. The number of aromatic carboxylic acids is 1. The van der Waals surface area contributed by atoms with Crippen LogP contribution in [0.4, 0.5) is 13.2 Å². The van der Waals surface area contributed by atoms with E-state index < -0.39 is 29.3 Å². The Bertz CT molecular complexity index is 1650. The molecule has 0 atom stereocenters. The maximum atomic E-state index is 13.5. The van der Waals surface area contributed by atoms with E-state index in [0.29, 0.717) is 28.1 Å². The fraction of sp³-hybridized carbons (Fsp3) is 0.200. The summed E-state index contributed by atoms with van der Waals surface area (Å²) >= 11 is 0.963. The van der Waals surface area contributed by atoms with Gasteiger partial charge in [0.05, 0.1) is 16.1 Å². The number of thiophene rings is 1. The van der Waals surface area contributed by atoms with Gasteiger partial charge in [-0.25, -0.2) is 22.9 Å². The fourth-order valence-electron chi connectivity index (χ4n) is 4.06. The van der Waals surface area contributed by atoms with Crippen molar-refractivity contribution in [2.75, 3.05) is 0 Å². The largest absolute Gasteiger partial charge is 0.477 e. The van der Waals surface area contributed by atoms with E-state index in [4.69, 9.17) is 4.74 Å². The number of benzene rings is 2. The Morgan fingerprint density at radius 2 is 1.76 bits per heavy atom. The van der Waals surface area contributed by atoms with Crippen molar-refractivity contribution in [2.45, 2.75) is 33.4 Å². The Balaban J connectivity index is 1.71. The number of carbonyl (C=O) groups is 2. The van der Waals surface area contributed by atoms with Crippen molar-refractivity contribution in [1.29, 1.82) is 5.26 Å². The van der Waals surface area contributed by atoms with E-state index in [1.54, 1.807) is 0 Å². The molecule has 0 aliphatic heterocycles. The van der Waals surface area contributed by atoms with Crippen molar-refractivity contribution >= 4 is 23.2 Å². The molecule has 4 rings (SSSR count). The number of pyridine rings is 1. The second-order valence-corrected chi connectivity index (χ2v) is 10.6. The summed E-state index contributed by atoms with van der Waals surface area (Å²) in [6.45, 7) is 3.69. The van der Waals surface area contributed by atoms with Gasteiger partial charge in [-0.15, -0.1) is 11.3 Å². The lowest BCUT2D eigenvalue weighted by Crippen LogP contribution is -2.21. The van der Waals surface area contributed by atoms with Crippen molar-refractivity contribution in [2.24, 2.45) is 5.92 Å². The summed E-state index contributed by atoms with van der Waals surface area (Å²) in [6.07, 6.45) is 0.357. The number of nitrogens with zero attached hydrogens (tertiary/aromatic N) is 2. The van der Waals surface area contributed by atoms with E-state index >= 15 is 0 Å². The van der Waals surface area contributed by atoms with Gasteiger partial charge in [0, 0.05) is 17.0 Å². The number of carbonyl (C=O) groups excluding carboxylic acids is 1. The minimum absolute atomic E-state index is 0.0563. The molecule has 0 radical (unpaired) electrons. The lowest BCUT2D eigenvalue weighted by atomic mass is 9.95. The molecule has 1 amide bonds. The third kappa shape index (κ3) is 6.91. The number of hydrogen-bond donors (Lipinski definition) is 2. The minimum atomic E-state index is -1.38. The molecule has 0 aliphatic carbocycles. The van der Waals surface area contributed by atoms with Crippen LogP contribution in [0.1, 0.15) is 56.3 Å². The zero-order chi connectivity index (χ0) is 29.7. The van der Waals surface area contributed by atoms with Crippen LogP contribution >= 0.6 is 11.3 Å². The van der Waals surface area contributed by atoms with Crippen LogP contribution in [0, 0.1) is 34.7 Å². The molecule has 2 N–H and O–H groups in total. The van der Waals surface area contributed by atoms with Crippen LogP contribution in [0.15, 0.2) is 54.6 Å². The summed E-state index contributed by atoms with van der Waals surface area (Å²) in [5, 5.41) is 22.9. The summed E-state index contributed by atoms with van der Waals surface area (Å²) < 4.78 is 45.9. The molecule has 0 bridgehead atoms. The van der Waals surface area contributed by atoms with Gasteiger partial charge in [0.15, 0.2) is 11.6 Å². The van der Waals surface area contributed by atoms with E-state index in [9.17, 15) is 33.1 Å². The van der Waals surface area contributed by atoms with Gasteiger partial charge in [-0.1, -0.05) is 32.0 Å². The normalized spacial score (nSPS) is 10.9. The third-order valence-corrected chi connectivity index (χ3v) is 7.07. The number of aromatic nitrogens is 1. The van der Waals surface area contributed by atoms with E-state index in [1.165, 1.54) is 42.5 Å². The predicted molar refractivity (Wildman–Crippen MR) is 146 cm³/mol. The lowest BCUT2D eigenvalue weighted by molar-refractivity contribution is 0.0691. The molecule has 7 nitrogen and oxygen atoms in total. The molecule has 0 spiro atoms. The van der Waals surface area contributed by atoms with Crippen molar-refractivity contribution in [3.8, 4) is 22.4 Å². The number of nitriles is 1. The number of hydrogen-bond acceptors (Lipinski definition) is 6. The zero-order valence-corrected chi connectivity index (χ0v) is 22.8. The van der Waals surface area contributed by atoms with Gasteiger partial charge in [0.25, 0.3) is 5.91 Å². The Kier molecular flexibility index (Phi) is 9.04. The summed E-state index contributed by atoms with van der Waals surface area (Å²) in [5.41, 5.74) is 1.06. The van der Waals surface area contributed by atoms with Crippen LogP contribution < -0.4 is 10.1 Å². The van der Waals surface area contributed by atoms with Gasteiger partial charge < -0.3 is 15.2 Å². The average molecular weight is 580 g/mol. The second-order valence-electron chi connectivity index (χ2n) is 9.51. The van der Waals surface area contributed by atoms with E-state index in [-0.39, 0.29) is 46.5 Å². The molecular formula is C30H24F3N3O4S. The molecule has 0 fully saturated rings. The predicted octanol–water partition coefficient (Wildman–Crippen LogP) is 6.50. The standard InChI is InChI=1S/C30H24F3N3O4S/c1-16(2)11-23-20(13-34)26(27(30(38)39)29(36-23)40-15-17-3-6-19(31)7-4-17)24-9-10-25(41-24)28(37)35-14-18-5-8-21(32)22(33)12-18/h3-10,12,16H,11,14-15H2,1-2H3,(H,35,37)(H,38,39). The molecule has 0 saturated carbocycles. The van der Waals surface area contributed by atoms with Crippen LogP contribution in [-0.2, 0) is 19.6 Å². The van der Waals surface area contributed by atoms with E-state index in [0.717, 1.165) is 23.5 Å². The highest BCUT2D eigenvalue weighted by Crippen LogP contribution is 2.39. The monoisotopic (exact) mass is 579 g/mol. The maximum absolute atomic E-state index is 13.5. The topological polar surface area (TPSA) is 112 Å². The summed E-state index contributed by atoms with van der Waals surface area (Å²) in [5.74, 6) is -4.50. The van der Waals surface area contributed by atoms with Gasteiger partial charge in [-0.05, 0) is 59.9 Å². The Morgan fingerprint density at radius 1 is 1.05 bits per heavy atom. The van der Waals surface area contributed by atoms with Gasteiger partial charge >= 0.3 is 5.97 Å². The molecule has 4 aromatic rings. The Morgan fingerprint density at radius 3 is 2.39 bits per heavy atom. The molecule has 11 heteroatoms. The number of carboxylic acids is 1. The van der Waals surface area contributed by atoms with Crippen molar-refractivity contribution < 1.29 is 32.6 Å². The Hall–Kier alpha value is -4.69. The maximum Gasteiger partial charge on any atom is 0.341 e. The SMILES string of the molecule is CC(C)Cc1nc(OCc2ccc(F)cc2)c(C(=O)O)c(-c2ccc(C(=O)NCc3ccc(F)c(F)c3)s2)c1C#N. The van der Waals surface area contributed by atoms with E-state index in [1.807, 2.05) is 13.8 Å². The number of rotatable bonds is 10. The quantitative estimate of drug-likeness (QED) is 0.222. The van der Waals surface area contributed by atoms with E-state index in [2.05, 4.69) is 16.4 Å². The molecule has 0 saturated heterocycles. The molecule has 2 aromatic heterocycles. The number of nitrogens with one attached hydrogen (secondary N) is 1. The van der Waals surface area contributed by atoms with Gasteiger partial charge in [-0.2, -0.15) is 5.26 Å². The van der Waals surface area contributed by atoms with Crippen molar-refractivity contribution in [1.82, 2.24) is 10.3 Å². The molecule has 0 unspecified atom stereocenters. The summed E-state index contributed by atoms with van der Waals surface area (Å²) in [7, 11) is 0. The first-order valence-electron chi connectivity index (χ1n) is 12.5. The highest BCUT2D eigenvalue weighted by molar-refractivity contribution is 7.17. The lowest BCUT2D eigenvalue weighted by Gasteiger charge is -2.17. The van der Waals surface area contributed by atoms with Crippen LogP contribution in [0.25, 0.3) is 10.4 Å². The first kappa shape index (κ1) is 29.3. The fourth-order valence-corrected chi connectivity index (χ4v) is 5.04. The first-order chi connectivity index (χ1) is 19.6. The number of amides is 1. The molecule has 2 heterocycles. The van der Waals surface area contributed by atoms with Crippen LogP contribution in [-0.4, -0.2) is 22.0 Å². The van der Waals surface area contributed by atoms with Crippen molar-refractivity contribution in [3.05, 3.63) is 105 Å². The number of carboxylic acid groups (broad SMARTS) is 1. The molecule has 41 heavy (non-hydrogen) atoms. The smallest absolute Gasteiger partial charge is 0.341 e. The molecular weight excluding hydrogens is 555 g/mol. The van der Waals surface area contributed by atoms with Gasteiger partial charge in [-0.3, -0.25) is 4.79 Å². The Labute approximate surface area is 237 Å². The highest BCUT2D eigenvalue weighted by atomic mass is 32.1. The van der Waals surface area contributed by atoms with Crippen LogP contribution in [0.3, 0.4) is 0 Å². The van der Waals surface area contributed by atoms with Crippen molar-refractivity contribution in [3.63, 3.8) is 0 Å². The average Bonchev–Trinajstić information content (AvgIpc) is 3.42. The summed E-state index contributed by atoms with van der Waals surface area (Å²) in [6, 6.07) is 13.9. The van der Waals surface area contributed by atoms with Gasteiger partial charge in [0.1, 0.15) is 24.1 Å². The molecule has 0 aliphatic rings.